The monoisotopic (exact) mass is 372 g/mol. The van der Waals surface area contributed by atoms with Crippen molar-refractivity contribution in [2.45, 2.75) is 13.0 Å². The third-order valence-electron chi connectivity index (χ3n) is 4.51. The summed E-state index contributed by atoms with van der Waals surface area (Å²) in [4.78, 5) is 13.7. The van der Waals surface area contributed by atoms with Crippen LogP contribution < -0.4 is 10.3 Å². The quantitative estimate of drug-likeness (QED) is 0.624. The number of quaternary nitrogens is 1. The van der Waals surface area contributed by atoms with Gasteiger partial charge >= 0.3 is 0 Å². The number of ether oxygens (including phenoxy) is 1. The molecule has 1 fully saturated rings. The van der Waals surface area contributed by atoms with Gasteiger partial charge in [0.15, 0.2) is 6.04 Å². The molecular weight excluding hydrogens is 350 g/mol. The standard InChI is InChI=1S/C20H22ClN3O2/c1-15(22-23-20(25)17-8-5-9-18(21)14-17)19(16-6-3-2-4-7-16)24-10-12-26-13-11-24/h2-9,14,19H,10-13H2,1H3,(H,23,25)/p+1/b22-15-/t19-/m0/s1. The summed E-state index contributed by atoms with van der Waals surface area (Å²) in [6.45, 7) is 5.25. The Morgan fingerprint density at radius 2 is 1.88 bits per heavy atom. The Labute approximate surface area is 158 Å². The molecule has 2 aromatic carbocycles. The molecule has 0 aliphatic carbocycles. The summed E-state index contributed by atoms with van der Waals surface area (Å²) < 4.78 is 5.49. The topological polar surface area (TPSA) is 55.1 Å². The van der Waals surface area contributed by atoms with E-state index in [9.17, 15) is 4.79 Å². The predicted octanol–water partition coefficient (Wildman–Crippen LogP) is 2.10. The van der Waals surface area contributed by atoms with Crippen LogP contribution >= 0.6 is 11.6 Å². The summed E-state index contributed by atoms with van der Waals surface area (Å²) in [6.07, 6.45) is 0. The van der Waals surface area contributed by atoms with Crippen molar-refractivity contribution >= 4 is 23.2 Å². The minimum absolute atomic E-state index is 0.0831. The summed E-state index contributed by atoms with van der Waals surface area (Å²) in [6, 6.07) is 17.2. The van der Waals surface area contributed by atoms with Crippen LogP contribution in [0.2, 0.25) is 5.02 Å². The maximum Gasteiger partial charge on any atom is 0.271 e. The predicted molar refractivity (Wildman–Crippen MR) is 103 cm³/mol. The van der Waals surface area contributed by atoms with Crippen molar-refractivity contribution in [3.63, 3.8) is 0 Å². The lowest BCUT2D eigenvalue weighted by Gasteiger charge is -2.31. The number of hydrogen-bond donors (Lipinski definition) is 2. The van der Waals surface area contributed by atoms with Gasteiger partial charge in [0.1, 0.15) is 13.1 Å². The van der Waals surface area contributed by atoms with Crippen LogP contribution in [-0.2, 0) is 4.74 Å². The zero-order valence-electron chi connectivity index (χ0n) is 14.7. The highest BCUT2D eigenvalue weighted by Gasteiger charge is 2.29. The van der Waals surface area contributed by atoms with E-state index in [0.29, 0.717) is 10.6 Å². The number of carbonyl (C=O) groups is 1. The molecule has 0 radical (unpaired) electrons. The molecule has 1 amide bonds. The average molecular weight is 373 g/mol. The highest BCUT2D eigenvalue weighted by Crippen LogP contribution is 2.13. The molecule has 6 heteroatoms. The summed E-state index contributed by atoms with van der Waals surface area (Å²) >= 11 is 5.95. The Morgan fingerprint density at radius 1 is 1.15 bits per heavy atom. The van der Waals surface area contributed by atoms with Crippen LogP contribution in [0.1, 0.15) is 28.9 Å². The van der Waals surface area contributed by atoms with Gasteiger partial charge < -0.3 is 9.64 Å². The van der Waals surface area contributed by atoms with Gasteiger partial charge in [-0.3, -0.25) is 4.79 Å². The molecule has 1 saturated heterocycles. The van der Waals surface area contributed by atoms with E-state index in [4.69, 9.17) is 16.3 Å². The van der Waals surface area contributed by atoms with Gasteiger partial charge in [-0.05, 0) is 25.1 Å². The number of amides is 1. The Balaban J connectivity index is 1.79. The van der Waals surface area contributed by atoms with Gasteiger partial charge in [-0.25, -0.2) is 5.43 Å². The molecule has 0 saturated carbocycles. The van der Waals surface area contributed by atoms with Crippen LogP contribution in [0.5, 0.6) is 0 Å². The molecule has 2 aromatic rings. The molecule has 0 bridgehead atoms. The number of carbonyl (C=O) groups excluding carboxylic acids is 1. The molecule has 1 aliphatic rings. The first-order chi connectivity index (χ1) is 12.6. The van der Waals surface area contributed by atoms with Crippen molar-refractivity contribution in [3.05, 3.63) is 70.7 Å². The van der Waals surface area contributed by atoms with Crippen LogP contribution in [0.4, 0.5) is 0 Å². The Bertz CT molecular complexity index is 774. The molecular formula is C20H23ClN3O2+. The second-order valence-electron chi connectivity index (χ2n) is 6.32. The number of nitrogens with zero attached hydrogens (tertiary/aromatic N) is 1. The second kappa shape index (κ2) is 8.94. The normalized spacial score (nSPS) is 16.9. The van der Waals surface area contributed by atoms with Crippen molar-refractivity contribution in [1.29, 1.82) is 0 Å². The van der Waals surface area contributed by atoms with Crippen molar-refractivity contribution in [2.75, 3.05) is 26.3 Å². The van der Waals surface area contributed by atoms with Crippen molar-refractivity contribution in [1.82, 2.24) is 5.43 Å². The molecule has 1 aliphatic heterocycles. The molecule has 5 nitrogen and oxygen atoms in total. The van der Waals surface area contributed by atoms with E-state index < -0.39 is 0 Å². The Kier molecular flexibility index (Phi) is 6.39. The van der Waals surface area contributed by atoms with E-state index in [-0.39, 0.29) is 11.9 Å². The van der Waals surface area contributed by atoms with Gasteiger partial charge in [0.05, 0.1) is 18.9 Å². The van der Waals surface area contributed by atoms with Crippen LogP contribution in [0.15, 0.2) is 59.7 Å². The van der Waals surface area contributed by atoms with Gasteiger partial charge in [-0.1, -0.05) is 48.0 Å². The number of hydrazone groups is 1. The van der Waals surface area contributed by atoms with Gasteiger partial charge in [-0.15, -0.1) is 0 Å². The molecule has 3 rings (SSSR count). The highest BCUT2D eigenvalue weighted by atomic mass is 35.5. The highest BCUT2D eigenvalue weighted by molar-refractivity contribution is 6.30. The molecule has 0 unspecified atom stereocenters. The van der Waals surface area contributed by atoms with Gasteiger partial charge in [0.25, 0.3) is 5.91 Å². The van der Waals surface area contributed by atoms with Crippen LogP contribution in [-0.4, -0.2) is 37.9 Å². The van der Waals surface area contributed by atoms with E-state index in [1.165, 1.54) is 10.5 Å². The number of benzene rings is 2. The molecule has 1 heterocycles. The molecule has 0 spiro atoms. The first-order valence-corrected chi connectivity index (χ1v) is 9.10. The zero-order chi connectivity index (χ0) is 18.4. The number of rotatable bonds is 5. The Morgan fingerprint density at radius 3 is 2.58 bits per heavy atom. The van der Waals surface area contributed by atoms with Gasteiger partial charge in [-0.2, -0.15) is 5.10 Å². The number of morpholine rings is 1. The van der Waals surface area contributed by atoms with Crippen LogP contribution in [0.25, 0.3) is 0 Å². The largest absolute Gasteiger partial charge is 0.370 e. The lowest BCUT2D eigenvalue weighted by molar-refractivity contribution is -0.928. The first-order valence-electron chi connectivity index (χ1n) is 8.72. The smallest absolute Gasteiger partial charge is 0.271 e. The summed E-state index contributed by atoms with van der Waals surface area (Å²) in [5.74, 6) is -0.268. The fourth-order valence-corrected chi connectivity index (χ4v) is 3.43. The Hall–Kier alpha value is -2.21. The van der Waals surface area contributed by atoms with E-state index in [0.717, 1.165) is 32.0 Å². The third-order valence-corrected chi connectivity index (χ3v) is 4.75. The third kappa shape index (κ3) is 4.69. The van der Waals surface area contributed by atoms with E-state index in [1.807, 2.05) is 25.1 Å². The zero-order valence-corrected chi connectivity index (χ0v) is 15.5. The van der Waals surface area contributed by atoms with Gasteiger partial charge in [0, 0.05) is 16.1 Å². The molecule has 0 aromatic heterocycles. The van der Waals surface area contributed by atoms with E-state index in [1.54, 1.807) is 24.3 Å². The lowest BCUT2D eigenvalue weighted by Crippen LogP contribution is -3.15. The van der Waals surface area contributed by atoms with Gasteiger partial charge in [0.2, 0.25) is 0 Å². The number of halogens is 1. The SMILES string of the molecule is C/C(=N/NC(=O)c1cccc(Cl)c1)[C@@H](c1ccccc1)[NH+]1CCOCC1. The summed E-state index contributed by atoms with van der Waals surface area (Å²) in [7, 11) is 0. The van der Waals surface area contributed by atoms with Crippen molar-refractivity contribution in [3.8, 4) is 0 Å². The second-order valence-corrected chi connectivity index (χ2v) is 6.76. The fraction of sp³-hybridized carbons (Fsp3) is 0.300. The summed E-state index contributed by atoms with van der Waals surface area (Å²) in [5.41, 5.74) is 5.20. The van der Waals surface area contributed by atoms with Crippen molar-refractivity contribution < 1.29 is 14.4 Å². The maximum atomic E-state index is 12.3. The molecule has 136 valence electrons. The van der Waals surface area contributed by atoms with E-state index >= 15 is 0 Å². The first kappa shape index (κ1) is 18.6. The number of hydrogen-bond acceptors (Lipinski definition) is 3. The van der Waals surface area contributed by atoms with Crippen LogP contribution in [0.3, 0.4) is 0 Å². The maximum absolute atomic E-state index is 12.3. The van der Waals surface area contributed by atoms with Crippen molar-refractivity contribution in [2.24, 2.45) is 5.10 Å². The molecule has 1 atom stereocenters. The molecule has 26 heavy (non-hydrogen) atoms. The molecule has 2 N–H and O–H groups in total. The average Bonchev–Trinajstić information content (AvgIpc) is 2.68. The number of nitrogens with one attached hydrogen (secondary N) is 2. The minimum atomic E-state index is -0.268. The van der Waals surface area contributed by atoms with E-state index in [2.05, 4.69) is 22.7 Å². The van der Waals surface area contributed by atoms with Crippen LogP contribution in [0, 0.1) is 0 Å². The minimum Gasteiger partial charge on any atom is -0.370 e. The summed E-state index contributed by atoms with van der Waals surface area (Å²) in [5, 5.41) is 4.92. The lowest BCUT2D eigenvalue weighted by atomic mass is 10.0. The fourth-order valence-electron chi connectivity index (χ4n) is 3.24.